The van der Waals surface area contributed by atoms with Gasteiger partial charge in [-0.3, -0.25) is 4.79 Å². The summed E-state index contributed by atoms with van der Waals surface area (Å²) in [5.41, 5.74) is 0. The van der Waals surface area contributed by atoms with Crippen molar-refractivity contribution < 1.29 is 14.7 Å². The Morgan fingerprint density at radius 1 is 1.62 bits per heavy atom. The minimum Gasteiger partial charge on any atom is -0.408 e. The molecule has 0 unspecified atom stereocenters. The highest BCUT2D eigenvalue weighted by atomic mass is 16.6. The molecule has 1 aliphatic heterocycles. The molecule has 1 rings (SSSR count). The lowest BCUT2D eigenvalue weighted by Crippen LogP contribution is -1.96. The molecule has 1 N–H and O–H groups in total. The van der Waals surface area contributed by atoms with Crippen LogP contribution in [0.5, 0.6) is 0 Å². The zero-order chi connectivity index (χ0) is 5.98. The third-order valence-electron chi connectivity index (χ3n) is 0.886. The first-order chi connectivity index (χ1) is 3.83. The summed E-state index contributed by atoms with van der Waals surface area (Å²) in [4.78, 5) is 10.2. The van der Waals surface area contributed by atoms with E-state index in [1.807, 2.05) is 0 Å². The molecule has 0 aromatic rings. The van der Waals surface area contributed by atoms with Gasteiger partial charge in [0.25, 0.3) is 0 Å². The number of cyclic esters (lactones) is 1. The number of ether oxygens (including phenoxy) is 1. The second-order valence-electron chi connectivity index (χ2n) is 1.47. The molecule has 0 aromatic carbocycles. The lowest BCUT2D eigenvalue weighted by Gasteiger charge is -1.85. The van der Waals surface area contributed by atoms with Gasteiger partial charge in [-0.1, -0.05) is 5.16 Å². The predicted molar refractivity (Wildman–Crippen MR) is 24.5 cm³/mol. The van der Waals surface area contributed by atoms with Crippen LogP contribution in [0.2, 0.25) is 0 Å². The zero-order valence-corrected chi connectivity index (χ0v) is 4.13. The molecule has 1 fully saturated rings. The lowest BCUT2D eigenvalue weighted by atomic mass is 10.4. The van der Waals surface area contributed by atoms with Crippen LogP contribution < -0.4 is 0 Å². The highest BCUT2D eigenvalue weighted by Crippen LogP contribution is 2.06. The maximum atomic E-state index is 10.2. The molecular weight excluding hydrogens is 110 g/mol. The molecule has 4 heteroatoms. The molecular formula is C4H5NO3. The van der Waals surface area contributed by atoms with Crippen LogP contribution in [0.4, 0.5) is 0 Å². The van der Waals surface area contributed by atoms with Gasteiger partial charge in [-0.05, 0) is 0 Å². The first kappa shape index (κ1) is 5.08. The van der Waals surface area contributed by atoms with Gasteiger partial charge in [0.2, 0.25) is 5.90 Å². The quantitative estimate of drug-likeness (QED) is 0.277. The highest BCUT2D eigenvalue weighted by Gasteiger charge is 2.18. The second-order valence-corrected chi connectivity index (χ2v) is 1.47. The summed E-state index contributed by atoms with van der Waals surface area (Å²) in [6.07, 6.45) is 0.759. The molecule has 0 saturated carbocycles. The van der Waals surface area contributed by atoms with Gasteiger partial charge in [0.1, 0.15) is 0 Å². The average molecular weight is 115 g/mol. The molecule has 1 saturated heterocycles. The van der Waals surface area contributed by atoms with Crippen LogP contribution in [-0.4, -0.2) is 17.1 Å². The molecule has 0 amide bonds. The van der Waals surface area contributed by atoms with Gasteiger partial charge in [0.05, 0.1) is 6.42 Å². The predicted octanol–water partition coefficient (Wildman–Crippen LogP) is 0.111. The van der Waals surface area contributed by atoms with E-state index in [0.29, 0.717) is 12.8 Å². The summed E-state index contributed by atoms with van der Waals surface area (Å²) < 4.78 is 4.37. The number of nitrogens with zero attached hydrogens (tertiary/aromatic N) is 1. The first-order valence-corrected chi connectivity index (χ1v) is 2.24. The topological polar surface area (TPSA) is 58.9 Å². The molecule has 0 radical (unpaired) electrons. The van der Waals surface area contributed by atoms with Crippen LogP contribution in [-0.2, 0) is 9.53 Å². The fraction of sp³-hybridized carbons (Fsp3) is 0.500. The maximum Gasteiger partial charge on any atom is 0.312 e. The monoisotopic (exact) mass is 115 g/mol. The van der Waals surface area contributed by atoms with E-state index >= 15 is 0 Å². The Kier molecular flexibility index (Phi) is 1.15. The van der Waals surface area contributed by atoms with E-state index < -0.39 is 0 Å². The Hall–Kier alpha value is -1.06. The highest BCUT2D eigenvalue weighted by molar-refractivity contribution is 5.95. The minimum atomic E-state index is -0.321. The largest absolute Gasteiger partial charge is 0.408 e. The average Bonchev–Trinajstić information content (AvgIpc) is 2.14. The van der Waals surface area contributed by atoms with Crippen molar-refractivity contribution in [1.29, 1.82) is 0 Å². The number of esters is 1. The van der Waals surface area contributed by atoms with Gasteiger partial charge in [-0.2, -0.15) is 0 Å². The fourth-order valence-electron chi connectivity index (χ4n) is 0.513. The zero-order valence-electron chi connectivity index (χ0n) is 4.13. The Bertz CT molecular complexity index is 140. The molecule has 0 spiro atoms. The second kappa shape index (κ2) is 1.81. The van der Waals surface area contributed by atoms with Crippen molar-refractivity contribution in [3.8, 4) is 0 Å². The third kappa shape index (κ3) is 0.776. The van der Waals surface area contributed by atoms with Gasteiger partial charge in [0, 0.05) is 6.42 Å². The van der Waals surface area contributed by atoms with E-state index in [4.69, 9.17) is 5.21 Å². The van der Waals surface area contributed by atoms with Crippen molar-refractivity contribution in [1.82, 2.24) is 0 Å². The SMILES string of the molecule is O=C1CCC(=NO)O1. The van der Waals surface area contributed by atoms with E-state index in [0.717, 1.165) is 0 Å². The van der Waals surface area contributed by atoms with Crippen LogP contribution in [0.15, 0.2) is 5.16 Å². The summed E-state index contributed by atoms with van der Waals surface area (Å²) in [7, 11) is 0. The van der Waals surface area contributed by atoms with E-state index in [2.05, 4.69) is 9.89 Å². The summed E-state index contributed by atoms with van der Waals surface area (Å²) in [5.74, 6) is -0.201. The fourth-order valence-corrected chi connectivity index (χ4v) is 0.513. The normalized spacial score (nSPS) is 24.0. The maximum absolute atomic E-state index is 10.2. The van der Waals surface area contributed by atoms with Crippen LogP contribution in [0.25, 0.3) is 0 Å². The summed E-state index contributed by atoms with van der Waals surface area (Å²) in [6, 6.07) is 0. The number of oxime groups is 1. The van der Waals surface area contributed by atoms with Gasteiger partial charge < -0.3 is 9.94 Å². The molecule has 1 heterocycles. The van der Waals surface area contributed by atoms with Crippen molar-refractivity contribution in [2.45, 2.75) is 12.8 Å². The van der Waals surface area contributed by atoms with E-state index in [1.165, 1.54) is 0 Å². The first-order valence-electron chi connectivity index (χ1n) is 2.24. The number of hydrogen-bond acceptors (Lipinski definition) is 4. The van der Waals surface area contributed by atoms with Crippen molar-refractivity contribution in [3.05, 3.63) is 0 Å². The van der Waals surface area contributed by atoms with E-state index in [-0.39, 0.29) is 11.9 Å². The number of carbonyl (C=O) groups excluding carboxylic acids is 1. The molecule has 0 aromatic heterocycles. The van der Waals surface area contributed by atoms with Gasteiger partial charge in [0.15, 0.2) is 0 Å². The van der Waals surface area contributed by atoms with Crippen molar-refractivity contribution in [3.63, 3.8) is 0 Å². The van der Waals surface area contributed by atoms with Crippen LogP contribution >= 0.6 is 0 Å². The number of hydrogen-bond donors (Lipinski definition) is 1. The third-order valence-corrected chi connectivity index (χ3v) is 0.886. The summed E-state index contributed by atoms with van der Waals surface area (Å²) in [5, 5.41) is 10.7. The summed E-state index contributed by atoms with van der Waals surface area (Å²) >= 11 is 0. The van der Waals surface area contributed by atoms with Gasteiger partial charge in [-0.15, -0.1) is 0 Å². The Morgan fingerprint density at radius 3 is 2.62 bits per heavy atom. The Balaban J connectivity index is 2.56. The minimum absolute atomic E-state index is 0.120. The Labute approximate surface area is 45.7 Å². The number of rotatable bonds is 0. The molecule has 8 heavy (non-hydrogen) atoms. The molecule has 44 valence electrons. The molecule has 0 aliphatic carbocycles. The Morgan fingerprint density at radius 2 is 2.38 bits per heavy atom. The van der Waals surface area contributed by atoms with Crippen molar-refractivity contribution >= 4 is 11.9 Å². The van der Waals surface area contributed by atoms with Crippen LogP contribution in [0.1, 0.15) is 12.8 Å². The van der Waals surface area contributed by atoms with Crippen LogP contribution in [0.3, 0.4) is 0 Å². The molecule has 0 atom stereocenters. The molecule has 0 bridgehead atoms. The van der Waals surface area contributed by atoms with Crippen molar-refractivity contribution in [2.24, 2.45) is 5.16 Å². The van der Waals surface area contributed by atoms with Crippen molar-refractivity contribution in [2.75, 3.05) is 0 Å². The van der Waals surface area contributed by atoms with Gasteiger partial charge in [-0.25, -0.2) is 0 Å². The lowest BCUT2D eigenvalue weighted by molar-refractivity contribution is -0.133. The van der Waals surface area contributed by atoms with E-state index in [9.17, 15) is 4.79 Å². The smallest absolute Gasteiger partial charge is 0.312 e. The summed E-state index contributed by atoms with van der Waals surface area (Å²) in [6.45, 7) is 0. The molecule has 1 aliphatic rings. The molecule has 4 nitrogen and oxygen atoms in total. The van der Waals surface area contributed by atoms with E-state index in [1.54, 1.807) is 0 Å². The standard InChI is InChI=1S/C4H5NO3/c6-4-2-1-3(5-7)8-4/h7H,1-2H2. The van der Waals surface area contributed by atoms with Gasteiger partial charge >= 0.3 is 5.97 Å². The van der Waals surface area contributed by atoms with Crippen LogP contribution in [0, 0.1) is 0 Å². The number of carbonyl (C=O) groups is 1.